The minimum Gasteiger partial charge on any atom is -0.347 e. The van der Waals surface area contributed by atoms with Crippen LogP contribution in [0.5, 0.6) is 0 Å². The van der Waals surface area contributed by atoms with Crippen molar-refractivity contribution in [3.8, 4) is 5.69 Å². The standard InChI is InChI=1S/C24H23FN4O2S/c1-14(2)22(30)27-18-8-4-16(5-9-18)13-26-23(31)21-12-20-15(3)28-29(24(20)32-21)19-10-6-17(25)7-11-19/h4-12,14H,13H2,1-3H3,(H,26,31)(H,27,30). The van der Waals surface area contributed by atoms with Crippen LogP contribution in [0, 0.1) is 18.7 Å². The monoisotopic (exact) mass is 450 g/mol. The SMILES string of the molecule is Cc1nn(-c2ccc(F)cc2)c2sc(C(=O)NCc3ccc(NC(=O)C(C)C)cc3)cc12. The summed E-state index contributed by atoms with van der Waals surface area (Å²) >= 11 is 1.35. The molecule has 2 aromatic carbocycles. The summed E-state index contributed by atoms with van der Waals surface area (Å²) in [6.45, 7) is 5.93. The van der Waals surface area contributed by atoms with Gasteiger partial charge in [-0.2, -0.15) is 5.10 Å². The molecule has 4 rings (SSSR count). The fourth-order valence-corrected chi connectivity index (χ4v) is 4.28. The molecule has 2 heterocycles. The molecule has 0 aliphatic carbocycles. The number of hydrogen-bond acceptors (Lipinski definition) is 4. The molecular weight excluding hydrogens is 427 g/mol. The second-order valence-electron chi connectivity index (χ2n) is 7.83. The molecule has 0 saturated heterocycles. The van der Waals surface area contributed by atoms with E-state index in [0.717, 1.165) is 32.8 Å². The maximum atomic E-state index is 13.3. The Bertz CT molecular complexity index is 1270. The lowest BCUT2D eigenvalue weighted by Gasteiger charge is -2.09. The molecule has 0 saturated carbocycles. The lowest BCUT2D eigenvalue weighted by atomic mass is 10.1. The van der Waals surface area contributed by atoms with Gasteiger partial charge in [-0.25, -0.2) is 9.07 Å². The van der Waals surface area contributed by atoms with Crippen LogP contribution in [0.15, 0.2) is 54.6 Å². The van der Waals surface area contributed by atoms with Gasteiger partial charge < -0.3 is 10.6 Å². The third kappa shape index (κ3) is 4.55. The van der Waals surface area contributed by atoms with Gasteiger partial charge in [0.2, 0.25) is 5.91 Å². The minimum absolute atomic E-state index is 0.0367. The van der Waals surface area contributed by atoms with Crippen molar-refractivity contribution >= 4 is 39.1 Å². The van der Waals surface area contributed by atoms with Crippen molar-refractivity contribution in [2.45, 2.75) is 27.3 Å². The largest absolute Gasteiger partial charge is 0.347 e. The second-order valence-corrected chi connectivity index (χ2v) is 8.86. The zero-order valence-corrected chi connectivity index (χ0v) is 18.8. The van der Waals surface area contributed by atoms with Gasteiger partial charge in [-0.1, -0.05) is 26.0 Å². The normalized spacial score (nSPS) is 11.2. The number of carbonyl (C=O) groups is 2. The number of rotatable bonds is 6. The fraction of sp³-hybridized carbons (Fsp3) is 0.208. The first-order chi connectivity index (χ1) is 15.3. The van der Waals surface area contributed by atoms with Gasteiger partial charge >= 0.3 is 0 Å². The van der Waals surface area contributed by atoms with Crippen molar-refractivity contribution in [2.75, 3.05) is 5.32 Å². The molecule has 0 unspecified atom stereocenters. The minimum atomic E-state index is -0.310. The van der Waals surface area contributed by atoms with E-state index in [2.05, 4.69) is 15.7 Å². The Labute approximate surface area is 189 Å². The number of benzene rings is 2. The summed E-state index contributed by atoms with van der Waals surface area (Å²) in [4.78, 5) is 25.9. The zero-order valence-electron chi connectivity index (χ0n) is 18.0. The van der Waals surface area contributed by atoms with Gasteiger partial charge in [0, 0.05) is 23.5 Å². The highest BCUT2D eigenvalue weighted by atomic mass is 32.1. The van der Waals surface area contributed by atoms with Crippen LogP contribution in [0.1, 0.15) is 34.8 Å². The zero-order chi connectivity index (χ0) is 22.8. The summed E-state index contributed by atoms with van der Waals surface area (Å²) in [5, 5.41) is 11.2. The first kappa shape index (κ1) is 21.7. The van der Waals surface area contributed by atoms with Gasteiger partial charge in [0.25, 0.3) is 5.91 Å². The van der Waals surface area contributed by atoms with Crippen LogP contribution < -0.4 is 10.6 Å². The van der Waals surface area contributed by atoms with Gasteiger partial charge in [-0.05, 0) is 55.0 Å². The molecule has 0 radical (unpaired) electrons. The van der Waals surface area contributed by atoms with E-state index in [1.165, 1.54) is 23.5 Å². The number of thiophene rings is 1. The van der Waals surface area contributed by atoms with Crippen molar-refractivity contribution in [1.82, 2.24) is 15.1 Å². The molecule has 164 valence electrons. The van der Waals surface area contributed by atoms with E-state index in [1.807, 2.05) is 51.1 Å². The predicted octanol–water partition coefficient (Wildman–Crippen LogP) is 5.06. The third-order valence-electron chi connectivity index (χ3n) is 5.04. The highest BCUT2D eigenvalue weighted by Gasteiger charge is 2.17. The van der Waals surface area contributed by atoms with Crippen LogP contribution in [0.25, 0.3) is 15.9 Å². The number of nitrogens with one attached hydrogen (secondary N) is 2. The van der Waals surface area contributed by atoms with Crippen molar-refractivity contribution in [2.24, 2.45) is 5.92 Å². The Hall–Kier alpha value is -3.52. The summed E-state index contributed by atoms with van der Waals surface area (Å²) < 4.78 is 15.0. The molecule has 2 N–H and O–H groups in total. The number of hydrogen-bond donors (Lipinski definition) is 2. The molecule has 6 nitrogen and oxygen atoms in total. The molecule has 0 fully saturated rings. The summed E-state index contributed by atoms with van der Waals surface area (Å²) in [6.07, 6.45) is 0. The van der Waals surface area contributed by atoms with E-state index in [4.69, 9.17) is 0 Å². The molecule has 0 spiro atoms. The molecule has 8 heteroatoms. The first-order valence-electron chi connectivity index (χ1n) is 10.2. The van der Waals surface area contributed by atoms with Gasteiger partial charge in [0.15, 0.2) is 0 Å². The number of amides is 2. The van der Waals surface area contributed by atoms with Gasteiger partial charge in [0.05, 0.1) is 16.3 Å². The number of carbonyl (C=O) groups excluding carboxylic acids is 2. The third-order valence-corrected chi connectivity index (χ3v) is 6.15. The number of halogens is 1. The van der Waals surface area contributed by atoms with E-state index >= 15 is 0 Å². The number of anilines is 1. The summed E-state index contributed by atoms with van der Waals surface area (Å²) in [6, 6.07) is 15.3. The maximum Gasteiger partial charge on any atom is 0.261 e. The molecule has 4 aromatic rings. The molecule has 0 bridgehead atoms. The van der Waals surface area contributed by atoms with Gasteiger partial charge in [-0.3, -0.25) is 9.59 Å². The lowest BCUT2D eigenvalue weighted by Crippen LogP contribution is -2.22. The quantitative estimate of drug-likeness (QED) is 0.431. The summed E-state index contributed by atoms with van der Waals surface area (Å²) in [5.74, 6) is -0.608. The van der Waals surface area contributed by atoms with Crippen molar-refractivity contribution < 1.29 is 14.0 Å². The highest BCUT2D eigenvalue weighted by Crippen LogP contribution is 2.30. The maximum absolute atomic E-state index is 13.3. The second kappa shape index (κ2) is 8.92. The van der Waals surface area contributed by atoms with E-state index in [0.29, 0.717) is 11.4 Å². The average molecular weight is 451 g/mol. The number of aryl methyl sites for hydroxylation is 1. The Kier molecular flexibility index (Phi) is 6.05. The fourth-order valence-electron chi connectivity index (χ4n) is 3.18. The van der Waals surface area contributed by atoms with Crippen molar-refractivity contribution in [3.05, 3.63) is 76.5 Å². The topological polar surface area (TPSA) is 76.0 Å². The first-order valence-corrected chi connectivity index (χ1v) is 11.1. The van der Waals surface area contributed by atoms with Crippen LogP contribution in [0.4, 0.5) is 10.1 Å². The van der Waals surface area contributed by atoms with Crippen LogP contribution in [0.3, 0.4) is 0 Å². The molecule has 0 atom stereocenters. The molecule has 2 aromatic heterocycles. The van der Waals surface area contributed by atoms with E-state index in [9.17, 15) is 14.0 Å². The van der Waals surface area contributed by atoms with Gasteiger partial charge in [-0.15, -0.1) is 11.3 Å². The van der Waals surface area contributed by atoms with Crippen LogP contribution in [0.2, 0.25) is 0 Å². The van der Waals surface area contributed by atoms with Crippen LogP contribution in [-0.4, -0.2) is 21.6 Å². The van der Waals surface area contributed by atoms with E-state index in [1.54, 1.807) is 16.8 Å². The van der Waals surface area contributed by atoms with Crippen molar-refractivity contribution in [1.29, 1.82) is 0 Å². The van der Waals surface area contributed by atoms with Crippen LogP contribution in [-0.2, 0) is 11.3 Å². The lowest BCUT2D eigenvalue weighted by molar-refractivity contribution is -0.118. The molecule has 32 heavy (non-hydrogen) atoms. The molecular formula is C24H23FN4O2S. The molecule has 0 aliphatic heterocycles. The Morgan fingerprint density at radius 1 is 1.09 bits per heavy atom. The predicted molar refractivity (Wildman–Crippen MR) is 125 cm³/mol. The molecule has 0 aliphatic rings. The Morgan fingerprint density at radius 2 is 1.78 bits per heavy atom. The number of fused-ring (bicyclic) bond motifs is 1. The number of aromatic nitrogens is 2. The summed E-state index contributed by atoms with van der Waals surface area (Å²) in [7, 11) is 0. The van der Waals surface area contributed by atoms with E-state index < -0.39 is 0 Å². The highest BCUT2D eigenvalue weighted by molar-refractivity contribution is 7.20. The van der Waals surface area contributed by atoms with E-state index in [-0.39, 0.29) is 23.5 Å². The number of nitrogens with zero attached hydrogens (tertiary/aromatic N) is 2. The smallest absolute Gasteiger partial charge is 0.261 e. The van der Waals surface area contributed by atoms with Crippen molar-refractivity contribution in [3.63, 3.8) is 0 Å². The van der Waals surface area contributed by atoms with Gasteiger partial charge in [0.1, 0.15) is 10.6 Å². The Balaban J connectivity index is 1.46. The molecule has 2 amide bonds. The Morgan fingerprint density at radius 3 is 2.44 bits per heavy atom. The summed E-state index contributed by atoms with van der Waals surface area (Å²) in [5.41, 5.74) is 3.20. The average Bonchev–Trinajstić information content (AvgIpc) is 3.34. The van der Waals surface area contributed by atoms with Crippen LogP contribution >= 0.6 is 11.3 Å².